The standard InChI is InChI=1S/C56H40N4/c1-5-17-39(18-6-1)42-21-15-22-43(37-42)48-28-16-29-51-56(48)58-55(54(57-51)40-19-7-2-8-20-40)41-31-33-46(34-32-41)59(44-23-9-3-10-24-44)47-35-36-53-50(38-47)49-27-13-14-30-52(49)60(53)45-25-11-4-12-26-45/h1-31,33-38,41H,32H2. The third-order valence-electron chi connectivity index (χ3n) is 11.7. The number of allylic oxidation sites excluding steroid dienone is 3. The Kier molecular flexibility index (Phi) is 8.94. The van der Waals surface area contributed by atoms with Crippen LogP contribution < -0.4 is 4.90 Å². The lowest BCUT2D eigenvalue weighted by atomic mass is 9.91. The van der Waals surface area contributed by atoms with Gasteiger partial charge in [-0.2, -0.15) is 0 Å². The number of para-hydroxylation sites is 4. The molecule has 0 saturated heterocycles. The average molecular weight is 769 g/mol. The second-order valence-electron chi connectivity index (χ2n) is 15.3. The summed E-state index contributed by atoms with van der Waals surface area (Å²) in [5, 5.41) is 2.45. The van der Waals surface area contributed by atoms with E-state index in [9.17, 15) is 0 Å². The quantitative estimate of drug-likeness (QED) is 0.154. The lowest BCUT2D eigenvalue weighted by molar-refractivity contribution is 0.807. The molecule has 11 rings (SSSR count). The first-order valence-corrected chi connectivity index (χ1v) is 20.6. The van der Waals surface area contributed by atoms with Crippen molar-refractivity contribution in [3.05, 3.63) is 236 Å². The lowest BCUT2D eigenvalue weighted by Crippen LogP contribution is -2.17. The summed E-state index contributed by atoms with van der Waals surface area (Å²) in [6.45, 7) is 0. The van der Waals surface area contributed by atoms with Crippen LogP contribution in [0.15, 0.2) is 230 Å². The number of rotatable bonds is 8. The van der Waals surface area contributed by atoms with E-state index in [0.29, 0.717) is 0 Å². The highest BCUT2D eigenvalue weighted by Gasteiger charge is 2.24. The third kappa shape index (κ3) is 6.36. The van der Waals surface area contributed by atoms with Crippen molar-refractivity contribution in [1.82, 2.24) is 14.5 Å². The highest BCUT2D eigenvalue weighted by Crippen LogP contribution is 2.41. The van der Waals surface area contributed by atoms with E-state index in [1.807, 2.05) is 0 Å². The number of anilines is 2. The van der Waals surface area contributed by atoms with Gasteiger partial charge in [0.1, 0.15) is 0 Å². The van der Waals surface area contributed by atoms with Crippen LogP contribution in [-0.4, -0.2) is 14.5 Å². The summed E-state index contributed by atoms with van der Waals surface area (Å²) in [6.07, 6.45) is 7.74. The fraction of sp³-hybridized carbons (Fsp3) is 0.0357. The van der Waals surface area contributed by atoms with Crippen molar-refractivity contribution in [2.24, 2.45) is 0 Å². The van der Waals surface area contributed by atoms with Crippen molar-refractivity contribution in [2.45, 2.75) is 12.3 Å². The molecule has 0 aliphatic heterocycles. The number of benzene rings is 8. The Hall–Kier alpha value is -7.82. The first-order chi connectivity index (χ1) is 29.8. The molecule has 0 radical (unpaired) electrons. The van der Waals surface area contributed by atoms with Crippen molar-refractivity contribution in [3.63, 3.8) is 0 Å². The average Bonchev–Trinajstić information content (AvgIpc) is 3.66. The Balaban J connectivity index is 1.01. The Morgan fingerprint density at radius 1 is 0.483 bits per heavy atom. The van der Waals surface area contributed by atoms with E-state index in [2.05, 4.69) is 234 Å². The Bertz CT molecular complexity index is 3220. The highest BCUT2D eigenvalue weighted by atomic mass is 15.1. The van der Waals surface area contributed by atoms with Crippen molar-refractivity contribution >= 4 is 44.2 Å². The summed E-state index contributed by atoms with van der Waals surface area (Å²) in [7, 11) is 0. The third-order valence-corrected chi connectivity index (χ3v) is 11.7. The highest BCUT2D eigenvalue weighted by molar-refractivity contribution is 6.10. The molecular formula is C56H40N4. The monoisotopic (exact) mass is 768 g/mol. The minimum atomic E-state index is 0.0218. The number of hydrogen-bond donors (Lipinski definition) is 0. The van der Waals surface area contributed by atoms with Crippen LogP contribution >= 0.6 is 0 Å². The fourth-order valence-electron chi connectivity index (χ4n) is 8.84. The van der Waals surface area contributed by atoms with Gasteiger partial charge in [-0.25, -0.2) is 9.97 Å². The van der Waals surface area contributed by atoms with Crippen LogP contribution in [0.25, 0.3) is 72.0 Å². The summed E-state index contributed by atoms with van der Waals surface area (Å²) in [4.78, 5) is 13.3. The first-order valence-electron chi connectivity index (χ1n) is 20.6. The van der Waals surface area contributed by atoms with Gasteiger partial charge in [0.15, 0.2) is 0 Å². The van der Waals surface area contributed by atoms with Crippen molar-refractivity contribution < 1.29 is 0 Å². The molecule has 1 aliphatic rings. The molecule has 10 aromatic rings. The van der Waals surface area contributed by atoms with Gasteiger partial charge in [0.25, 0.3) is 0 Å². The van der Waals surface area contributed by atoms with Crippen LogP contribution in [0.2, 0.25) is 0 Å². The van der Waals surface area contributed by atoms with Crippen LogP contribution in [0.3, 0.4) is 0 Å². The molecule has 0 amide bonds. The van der Waals surface area contributed by atoms with Gasteiger partial charge in [0.05, 0.1) is 33.5 Å². The van der Waals surface area contributed by atoms with E-state index < -0.39 is 0 Å². The summed E-state index contributed by atoms with van der Waals surface area (Å²) >= 11 is 0. The molecule has 8 aromatic carbocycles. The maximum absolute atomic E-state index is 5.57. The molecular weight excluding hydrogens is 729 g/mol. The van der Waals surface area contributed by atoms with Crippen LogP contribution in [0.1, 0.15) is 18.0 Å². The largest absolute Gasteiger partial charge is 0.311 e. The van der Waals surface area contributed by atoms with Crippen LogP contribution in [0, 0.1) is 0 Å². The topological polar surface area (TPSA) is 34.0 Å². The molecule has 1 atom stereocenters. The second-order valence-corrected chi connectivity index (χ2v) is 15.3. The van der Waals surface area contributed by atoms with E-state index in [1.165, 1.54) is 32.9 Å². The van der Waals surface area contributed by atoms with Gasteiger partial charge in [0.2, 0.25) is 0 Å². The first kappa shape index (κ1) is 35.4. The molecule has 0 N–H and O–H groups in total. The molecule has 2 aromatic heterocycles. The van der Waals surface area contributed by atoms with Gasteiger partial charge in [-0.15, -0.1) is 0 Å². The molecule has 0 spiro atoms. The smallest absolute Gasteiger partial charge is 0.0969 e. The predicted octanol–water partition coefficient (Wildman–Crippen LogP) is 14.5. The van der Waals surface area contributed by atoms with Crippen molar-refractivity contribution in [3.8, 4) is 39.2 Å². The molecule has 4 heteroatoms. The summed E-state index contributed by atoms with van der Waals surface area (Å²) < 4.78 is 2.37. The van der Waals surface area contributed by atoms with E-state index >= 15 is 0 Å². The zero-order valence-corrected chi connectivity index (χ0v) is 32.9. The van der Waals surface area contributed by atoms with Gasteiger partial charge in [-0.3, -0.25) is 0 Å². The second kappa shape index (κ2) is 15.2. The van der Waals surface area contributed by atoms with Crippen molar-refractivity contribution in [2.75, 3.05) is 4.90 Å². The Labute approximate surface area is 349 Å². The Morgan fingerprint density at radius 2 is 1.13 bits per heavy atom. The summed E-state index contributed by atoms with van der Waals surface area (Å²) in [5.41, 5.74) is 16.2. The fourth-order valence-corrected chi connectivity index (χ4v) is 8.84. The van der Waals surface area contributed by atoms with Crippen LogP contribution in [0.5, 0.6) is 0 Å². The maximum atomic E-state index is 5.57. The summed E-state index contributed by atoms with van der Waals surface area (Å²) in [6, 6.07) is 73.1. The zero-order chi connectivity index (χ0) is 39.8. The Morgan fingerprint density at radius 3 is 1.90 bits per heavy atom. The van der Waals surface area contributed by atoms with Gasteiger partial charge < -0.3 is 9.47 Å². The number of aromatic nitrogens is 3. The van der Waals surface area contributed by atoms with Crippen molar-refractivity contribution in [1.29, 1.82) is 0 Å². The van der Waals surface area contributed by atoms with Crippen LogP contribution in [-0.2, 0) is 0 Å². The lowest BCUT2D eigenvalue weighted by Gasteiger charge is -2.29. The molecule has 0 fully saturated rings. The van der Waals surface area contributed by atoms with Gasteiger partial charge in [0, 0.05) is 50.6 Å². The molecule has 2 heterocycles. The molecule has 1 unspecified atom stereocenters. The maximum Gasteiger partial charge on any atom is 0.0969 e. The van der Waals surface area contributed by atoms with E-state index in [-0.39, 0.29) is 5.92 Å². The van der Waals surface area contributed by atoms with E-state index in [1.54, 1.807) is 0 Å². The number of fused-ring (bicyclic) bond motifs is 4. The van der Waals surface area contributed by atoms with Gasteiger partial charge in [-0.1, -0.05) is 158 Å². The molecule has 4 nitrogen and oxygen atoms in total. The normalized spacial score (nSPS) is 13.8. The molecule has 284 valence electrons. The van der Waals surface area contributed by atoms with Gasteiger partial charge in [-0.05, 0) is 89.9 Å². The number of nitrogens with zero attached hydrogens (tertiary/aromatic N) is 4. The molecule has 0 bridgehead atoms. The minimum Gasteiger partial charge on any atom is -0.311 e. The SMILES string of the molecule is C1=CC(c2nc3c(-c4cccc(-c5ccccc5)c4)cccc3nc2-c2ccccc2)CC=C1N(c1ccccc1)c1ccc2c(c1)c1ccccc1n2-c1ccccc1. The van der Waals surface area contributed by atoms with Crippen LogP contribution in [0.4, 0.5) is 11.4 Å². The number of hydrogen-bond acceptors (Lipinski definition) is 3. The zero-order valence-electron chi connectivity index (χ0n) is 32.9. The van der Waals surface area contributed by atoms with E-state index in [0.717, 1.165) is 68.3 Å². The summed E-state index contributed by atoms with van der Waals surface area (Å²) in [5.74, 6) is 0.0218. The molecule has 0 saturated carbocycles. The molecule has 60 heavy (non-hydrogen) atoms. The molecule has 1 aliphatic carbocycles. The predicted molar refractivity (Wildman–Crippen MR) is 250 cm³/mol. The van der Waals surface area contributed by atoms with Gasteiger partial charge >= 0.3 is 0 Å². The minimum absolute atomic E-state index is 0.0218. The van der Waals surface area contributed by atoms with E-state index in [4.69, 9.17) is 9.97 Å².